The fourth-order valence-electron chi connectivity index (χ4n) is 5.14. The fourth-order valence-corrected chi connectivity index (χ4v) is 5.14. The molecule has 1 aromatic heterocycles. The van der Waals surface area contributed by atoms with Crippen molar-refractivity contribution in [1.82, 2.24) is 20.5 Å². The van der Waals surface area contributed by atoms with Crippen molar-refractivity contribution in [3.8, 4) is 11.3 Å². The van der Waals surface area contributed by atoms with Gasteiger partial charge < -0.3 is 25.1 Å². The number of ether oxygens (including phenoxy) is 1. The number of H-pyrrole nitrogens is 1. The first-order valence-corrected chi connectivity index (χ1v) is 13.9. The van der Waals surface area contributed by atoms with E-state index < -0.39 is 12.1 Å². The molecule has 2 amide bonds. The number of Topliss-reactive ketones (excluding diaryl/α,β-unsaturated/α-hetero) is 1. The third-order valence-corrected chi connectivity index (χ3v) is 7.40. The number of ketones is 1. The molecule has 208 valence electrons. The highest BCUT2D eigenvalue weighted by atomic mass is 16.5. The van der Waals surface area contributed by atoms with Crippen molar-refractivity contribution in [1.29, 1.82) is 0 Å². The molecule has 8 heteroatoms. The predicted octanol–water partition coefficient (Wildman–Crippen LogP) is 3.85. The molecule has 2 heterocycles. The van der Waals surface area contributed by atoms with Gasteiger partial charge in [-0.2, -0.15) is 0 Å². The lowest BCUT2D eigenvalue weighted by Gasteiger charge is -2.32. The fraction of sp³-hybridized carbons (Fsp3) is 0.452. The molecule has 3 aromatic rings. The molecular formula is C31H40N4O4. The molecule has 1 unspecified atom stereocenters. The van der Waals surface area contributed by atoms with Gasteiger partial charge in [-0.25, -0.2) is 0 Å². The Morgan fingerprint density at radius 2 is 1.82 bits per heavy atom. The quantitative estimate of drug-likeness (QED) is 0.290. The third-order valence-electron chi connectivity index (χ3n) is 7.40. The number of likely N-dealkylation sites (N-methyl/N-ethyl adjacent to an activating group) is 1. The van der Waals surface area contributed by atoms with E-state index in [1.165, 1.54) is 0 Å². The summed E-state index contributed by atoms with van der Waals surface area (Å²) in [7, 11) is 1.90. The zero-order chi connectivity index (χ0) is 27.6. The molecule has 2 atom stereocenters. The zero-order valence-corrected chi connectivity index (χ0v) is 23.0. The van der Waals surface area contributed by atoms with Crippen LogP contribution in [0.5, 0.6) is 0 Å². The van der Waals surface area contributed by atoms with Crippen molar-refractivity contribution in [3.63, 3.8) is 0 Å². The number of morpholine rings is 1. The number of benzene rings is 2. The summed E-state index contributed by atoms with van der Waals surface area (Å²) in [6.07, 6.45) is 4.10. The third kappa shape index (κ3) is 7.77. The van der Waals surface area contributed by atoms with E-state index in [9.17, 15) is 14.4 Å². The van der Waals surface area contributed by atoms with Crippen LogP contribution in [0, 0.1) is 0 Å². The first kappa shape index (κ1) is 28.5. The van der Waals surface area contributed by atoms with Gasteiger partial charge in [-0.1, -0.05) is 61.4 Å². The maximum atomic E-state index is 13.3. The SMILES string of the molecule is CC(=O)CCCCC[C@H](NC(=O)C1COCCN1C)C(=O)NCCc1c(-c2ccccc2)[nH]c2ccccc12. The van der Waals surface area contributed by atoms with Crippen molar-refractivity contribution >= 4 is 28.5 Å². The molecule has 1 saturated heterocycles. The summed E-state index contributed by atoms with van der Waals surface area (Å²) in [5.74, 6) is -0.204. The van der Waals surface area contributed by atoms with Gasteiger partial charge in [-0.3, -0.25) is 14.5 Å². The zero-order valence-electron chi connectivity index (χ0n) is 23.0. The summed E-state index contributed by atoms with van der Waals surface area (Å²) >= 11 is 0. The Morgan fingerprint density at radius 3 is 2.59 bits per heavy atom. The molecular weight excluding hydrogens is 492 g/mol. The van der Waals surface area contributed by atoms with Crippen LogP contribution >= 0.6 is 0 Å². The van der Waals surface area contributed by atoms with E-state index in [1.54, 1.807) is 6.92 Å². The first-order chi connectivity index (χ1) is 18.9. The lowest BCUT2D eigenvalue weighted by molar-refractivity contribution is -0.135. The van der Waals surface area contributed by atoms with E-state index in [-0.39, 0.29) is 17.6 Å². The van der Waals surface area contributed by atoms with Crippen LogP contribution < -0.4 is 10.6 Å². The number of hydrogen-bond acceptors (Lipinski definition) is 5. The number of rotatable bonds is 13. The standard InChI is InChI=1S/C31H40N4O4/c1-22(36)11-5-3-8-16-27(34-31(38)28-21-39-20-19-35(28)2)30(37)32-18-17-25-24-14-9-10-15-26(24)33-29(25)23-12-6-4-7-13-23/h4,6-7,9-10,12-15,27-28,33H,3,5,8,11,16-21H2,1-2H3,(H,32,37)(H,34,38)/t27-,28?/m0/s1. The van der Waals surface area contributed by atoms with Crippen molar-refractivity contribution in [3.05, 3.63) is 60.2 Å². The normalized spacial score (nSPS) is 16.6. The van der Waals surface area contributed by atoms with Gasteiger partial charge in [-0.15, -0.1) is 0 Å². The van der Waals surface area contributed by atoms with E-state index in [2.05, 4.69) is 39.9 Å². The second-order valence-electron chi connectivity index (χ2n) is 10.4. The van der Waals surface area contributed by atoms with Crippen LogP contribution in [0.4, 0.5) is 0 Å². The van der Waals surface area contributed by atoms with Gasteiger partial charge in [0.15, 0.2) is 0 Å². The maximum Gasteiger partial charge on any atom is 0.242 e. The number of fused-ring (bicyclic) bond motifs is 1. The molecule has 39 heavy (non-hydrogen) atoms. The Labute approximate surface area is 230 Å². The summed E-state index contributed by atoms with van der Waals surface area (Å²) in [6.45, 7) is 3.63. The minimum absolute atomic E-state index is 0.171. The van der Waals surface area contributed by atoms with Crippen molar-refractivity contribution in [2.24, 2.45) is 0 Å². The molecule has 0 spiro atoms. The second kappa shape index (κ2) is 14.1. The molecule has 1 aliphatic heterocycles. The molecule has 0 bridgehead atoms. The molecule has 0 aliphatic carbocycles. The molecule has 2 aromatic carbocycles. The number of carbonyl (C=O) groups excluding carboxylic acids is 3. The Morgan fingerprint density at radius 1 is 1.05 bits per heavy atom. The van der Waals surface area contributed by atoms with E-state index >= 15 is 0 Å². The summed E-state index contributed by atoms with van der Waals surface area (Å²) in [5, 5.41) is 7.20. The first-order valence-electron chi connectivity index (χ1n) is 13.9. The molecule has 1 fully saturated rings. The number of carbonyl (C=O) groups is 3. The van der Waals surface area contributed by atoms with Gasteiger partial charge in [0, 0.05) is 36.1 Å². The number of unbranched alkanes of at least 4 members (excludes halogenated alkanes) is 2. The van der Waals surface area contributed by atoms with Gasteiger partial charge in [0.05, 0.1) is 13.2 Å². The average molecular weight is 533 g/mol. The predicted molar refractivity (Wildman–Crippen MR) is 153 cm³/mol. The maximum absolute atomic E-state index is 13.3. The number of para-hydroxylation sites is 1. The van der Waals surface area contributed by atoms with Gasteiger partial charge in [0.2, 0.25) is 11.8 Å². The highest BCUT2D eigenvalue weighted by Gasteiger charge is 2.30. The van der Waals surface area contributed by atoms with Crippen LogP contribution in [0.3, 0.4) is 0 Å². The average Bonchev–Trinajstić information content (AvgIpc) is 3.31. The smallest absolute Gasteiger partial charge is 0.242 e. The Balaban J connectivity index is 1.41. The summed E-state index contributed by atoms with van der Waals surface area (Å²) in [6, 6.07) is 17.3. The molecule has 3 N–H and O–H groups in total. The second-order valence-corrected chi connectivity index (χ2v) is 10.4. The van der Waals surface area contributed by atoms with Crippen LogP contribution in [0.25, 0.3) is 22.2 Å². The van der Waals surface area contributed by atoms with Crippen molar-refractivity contribution in [2.45, 2.75) is 57.5 Å². The number of aromatic nitrogens is 1. The van der Waals surface area contributed by atoms with Crippen LogP contribution in [0.1, 0.15) is 44.6 Å². The Kier molecular flexibility index (Phi) is 10.3. The summed E-state index contributed by atoms with van der Waals surface area (Å²) < 4.78 is 5.50. The number of hydrogen-bond donors (Lipinski definition) is 3. The minimum atomic E-state index is -0.637. The lowest BCUT2D eigenvalue weighted by atomic mass is 10.0. The Hall–Kier alpha value is -3.49. The number of nitrogens with zero attached hydrogens (tertiary/aromatic N) is 1. The molecule has 8 nitrogen and oxygen atoms in total. The lowest BCUT2D eigenvalue weighted by Crippen LogP contribution is -2.56. The topological polar surface area (TPSA) is 104 Å². The van der Waals surface area contributed by atoms with E-state index in [0.29, 0.717) is 45.6 Å². The van der Waals surface area contributed by atoms with Crippen LogP contribution in [0.2, 0.25) is 0 Å². The van der Waals surface area contributed by atoms with Crippen LogP contribution in [-0.2, 0) is 25.5 Å². The summed E-state index contributed by atoms with van der Waals surface area (Å²) in [5.41, 5.74) is 4.38. The monoisotopic (exact) mass is 532 g/mol. The summed E-state index contributed by atoms with van der Waals surface area (Å²) in [4.78, 5) is 43.2. The van der Waals surface area contributed by atoms with Gasteiger partial charge in [-0.05, 0) is 50.4 Å². The molecule has 0 radical (unpaired) electrons. The molecule has 0 saturated carbocycles. The molecule has 4 rings (SSSR count). The number of amides is 2. The largest absolute Gasteiger partial charge is 0.378 e. The molecule has 1 aliphatic rings. The van der Waals surface area contributed by atoms with Crippen LogP contribution in [-0.4, -0.2) is 72.9 Å². The number of aromatic amines is 1. The highest BCUT2D eigenvalue weighted by Crippen LogP contribution is 2.30. The van der Waals surface area contributed by atoms with Crippen molar-refractivity contribution in [2.75, 3.05) is 33.4 Å². The minimum Gasteiger partial charge on any atom is -0.378 e. The van der Waals surface area contributed by atoms with E-state index in [0.717, 1.165) is 47.0 Å². The van der Waals surface area contributed by atoms with E-state index in [4.69, 9.17) is 4.74 Å². The van der Waals surface area contributed by atoms with E-state index in [1.807, 2.05) is 42.3 Å². The van der Waals surface area contributed by atoms with Gasteiger partial charge in [0.1, 0.15) is 17.9 Å². The van der Waals surface area contributed by atoms with Crippen molar-refractivity contribution < 1.29 is 19.1 Å². The van der Waals surface area contributed by atoms with Crippen LogP contribution in [0.15, 0.2) is 54.6 Å². The van der Waals surface area contributed by atoms with Gasteiger partial charge >= 0.3 is 0 Å². The Bertz CT molecular complexity index is 1260. The number of nitrogens with one attached hydrogen (secondary N) is 3. The van der Waals surface area contributed by atoms with Gasteiger partial charge in [0.25, 0.3) is 0 Å². The highest BCUT2D eigenvalue weighted by molar-refractivity contribution is 5.91.